The van der Waals surface area contributed by atoms with Crippen LogP contribution in [0, 0.1) is 0 Å². The Labute approximate surface area is 110 Å². The highest BCUT2D eigenvalue weighted by molar-refractivity contribution is 5.67. The van der Waals surface area contributed by atoms with E-state index in [2.05, 4.69) is 24.1 Å². The number of nitrogens with zero attached hydrogens (tertiary/aromatic N) is 1. The molecule has 1 fully saturated rings. The molecule has 0 aliphatic carbocycles. The van der Waals surface area contributed by atoms with Gasteiger partial charge in [-0.1, -0.05) is 0 Å². The van der Waals surface area contributed by atoms with Crippen LogP contribution in [0.1, 0.15) is 34.6 Å². The van der Waals surface area contributed by atoms with Crippen molar-refractivity contribution in [3.63, 3.8) is 0 Å². The molecule has 5 nitrogen and oxygen atoms in total. The van der Waals surface area contributed by atoms with Crippen LogP contribution >= 0.6 is 0 Å². The molecule has 0 aromatic carbocycles. The number of hydrogen-bond donors (Lipinski definition) is 1. The first kappa shape index (κ1) is 15.2. The number of nitrogens with one attached hydrogen (secondary N) is 1. The summed E-state index contributed by atoms with van der Waals surface area (Å²) in [4.78, 5) is 13.8. The average molecular weight is 258 g/mol. The Hall–Kier alpha value is -0.810. The van der Waals surface area contributed by atoms with Gasteiger partial charge in [0.25, 0.3) is 0 Å². The van der Waals surface area contributed by atoms with E-state index in [0.29, 0.717) is 6.54 Å². The third-order valence-electron chi connectivity index (χ3n) is 2.59. The Kier molecular flexibility index (Phi) is 5.41. The molecule has 0 spiro atoms. The lowest BCUT2D eigenvalue weighted by Gasteiger charge is -2.35. The molecule has 5 heteroatoms. The lowest BCUT2D eigenvalue weighted by molar-refractivity contribution is -0.0674. The van der Waals surface area contributed by atoms with Gasteiger partial charge in [0.15, 0.2) is 0 Å². The molecule has 2 unspecified atom stereocenters. The Bertz CT molecular complexity index is 266. The molecule has 1 heterocycles. The molecule has 0 saturated carbocycles. The number of amides is 1. The molecule has 0 radical (unpaired) electrons. The summed E-state index contributed by atoms with van der Waals surface area (Å²) in [5.41, 5.74) is -0.438. The number of carbonyl (C=O) groups excluding carboxylic acids is 1. The van der Waals surface area contributed by atoms with Crippen molar-refractivity contribution < 1.29 is 14.3 Å². The van der Waals surface area contributed by atoms with Gasteiger partial charge in [0.2, 0.25) is 0 Å². The summed E-state index contributed by atoms with van der Waals surface area (Å²) in [6.45, 7) is 13.0. The number of rotatable bonds is 3. The number of carbonyl (C=O) groups is 1. The Balaban J connectivity index is 2.19. The van der Waals surface area contributed by atoms with E-state index in [-0.39, 0.29) is 18.3 Å². The van der Waals surface area contributed by atoms with E-state index < -0.39 is 5.60 Å². The number of hydrogen-bond acceptors (Lipinski definition) is 4. The summed E-state index contributed by atoms with van der Waals surface area (Å²) in [6.07, 6.45) is 0.169. The van der Waals surface area contributed by atoms with Gasteiger partial charge in [-0.25, -0.2) is 4.79 Å². The lowest BCUT2D eigenvalue weighted by atomic mass is 10.2. The molecule has 106 valence electrons. The second kappa shape index (κ2) is 6.38. The zero-order valence-electron chi connectivity index (χ0n) is 12.2. The van der Waals surface area contributed by atoms with Crippen LogP contribution in [0.25, 0.3) is 0 Å². The van der Waals surface area contributed by atoms with Crippen LogP contribution < -0.4 is 5.32 Å². The zero-order valence-corrected chi connectivity index (χ0v) is 12.2. The molecule has 1 amide bonds. The van der Waals surface area contributed by atoms with Crippen LogP contribution in [0.15, 0.2) is 0 Å². The largest absolute Gasteiger partial charge is 0.444 e. The summed E-state index contributed by atoms with van der Waals surface area (Å²) in [7, 11) is 0. The van der Waals surface area contributed by atoms with Crippen molar-refractivity contribution in [2.75, 3.05) is 26.2 Å². The van der Waals surface area contributed by atoms with Gasteiger partial charge in [0.05, 0.1) is 12.2 Å². The zero-order chi connectivity index (χ0) is 13.8. The highest BCUT2D eigenvalue weighted by Crippen LogP contribution is 2.10. The summed E-state index contributed by atoms with van der Waals surface area (Å²) in [5.74, 6) is 0. The predicted octanol–water partition coefficient (Wildman–Crippen LogP) is 1.62. The van der Waals surface area contributed by atoms with Crippen LogP contribution in [0.5, 0.6) is 0 Å². The van der Waals surface area contributed by atoms with E-state index >= 15 is 0 Å². The van der Waals surface area contributed by atoms with Gasteiger partial charge in [-0.3, -0.25) is 4.90 Å². The molecule has 18 heavy (non-hydrogen) atoms. The highest BCUT2D eigenvalue weighted by atomic mass is 16.6. The molecule has 1 aliphatic rings. The molecular formula is C13H26N2O3. The second-order valence-electron chi connectivity index (χ2n) is 5.95. The molecule has 1 saturated heterocycles. The van der Waals surface area contributed by atoms with Gasteiger partial charge >= 0.3 is 6.09 Å². The average Bonchev–Trinajstić information content (AvgIpc) is 2.12. The third-order valence-corrected chi connectivity index (χ3v) is 2.59. The minimum Gasteiger partial charge on any atom is -0.444 e. The van der Waals surface area contributed by atoms with Gasteiger partial charge < -0.3 is 14.8 Å². The Morgan fingerprint density at radius 3 is 2.39 bits per heavy atom. The maximum atomic E-state index is 11.5. The second-order valence-corrected chi connectivity index (χ2v) is 5.95. The van der Waals surface area contributed by atoms with Crippen molar-refractivity contribution in [3.8, 4) is 0 Å². The fourth-order valence-corrected chi connectivity index (χ4v) is 2.10. The molecule has 1 N–H and O–H groups in total. The van der Waals surface area contributed by atoms with Gasteiger partial charge in [-0.15, -0.1) is 0 Å². The van der Waals surface area contributed by atoms with Crippen molar-refractivity contribution in [3.05, 3.63) is 0 Å². The summed E-state index contributed by atoms with van der Waals surface area (Å²) in [6, 6.07) is 0. The normalized spacial score (nSPS) is 25.8. The van der Waals surface area contributed by atoms with E-state index in [0.717, 1.165) is 19.6 Å². The fraction of sp³-hybridized carbons (Fsp3) is 0.923. The van der Waals surface area contributed by atoms with Crippen LogP contribution in [0.2, 0.25) is 0 Å². The smallest absolute Gasteiger partial charge is 0.407 e. The topological polar surface area (TPSA) is 50.8 Å². The van der Waals surface area contributed by atoms with Gasteiger partial charge in [0.1, 0.15) is 5.60 Å². The fourth-order valence-electron chi connectivity index (χ4n) is 2.10. The van der Waals surface area contributed by atoms with E-state index in [1.165, 1.54) is 0 Å². The molecule has 1 aliphatic heterocycles. The first-order chi connectivity index (χ1) is 8.26. The SMILES string of the molecule is CC1CN(CCNC(=O)OC(C)(C)C)CC(C)O1. The van der Waals surface area contributed by atoms with Crippen molar-refractivity contribution in [2.45, 2.75) is 52.4 Å². The van der Waals surface area contributed by atoms with Gasteiger partial charge in [0, 0.05) is 26.2 Å². The third kappa shape index (κ3) is 6.21. The maximum Gasteiger partial charge on any atom is 0.407 e. The van der Waals surface area contributed by atoms with E-state index in [1.54, 1.807) is 0 Å². The van der Waals surface area contributed by atoms with Crippen molar-refractivity contribution in [2.24, 2.45) is 0 Å². The lowest BCUT2D eigenvalue weighted by Crippen LogP contribution is -2.48. The Morgan fingerprint density at radius 1 is 1.33 bits per heavy atom. The minimum absolute atomic E-state index is 0.260. The van der Waals surface area contributed by atoms with E-state index in [1.807, 2.05) is 20.8 Å². The standard InChI is InChI=1S/C13H26N2O3/c1-10-8-15(9-11(2)17-10)7-6-14-12(16)18-13(3,4)5/h10-11H,6-9H2,1-5H3,(H,14,16). The highest BCUT2D eigenvalue weighted by Gasteiger charge is 2.22. The van der Waals surface area contributed by atoms with E-state index in [4.69, 9.17) is 9.47 Å². The summed E-state index contributed by atoms with van der Waals surface area (Å²) >= 11 is 0. The molecule has 2 atom stereocenters. The van der Waals surface area contributed by atoms with Crippen molar-refractivity contribution >= 4 is 6.09 Å². The monoisotopic (exact) mass is 258 g/mol. The molecule has 0 aromatic heterocycles. The van der Waals surface area contributed by atoms with Crippen molar-refractivity contribution in [1.82, 2.24) is 10.2 Å². The van der Waals surface area contributed by atoms with E-state index in [9.17, 15) is 4.79 Å². The molecule has 0 bridgehead atoms. The first-order valence-electron chi connectivity index (χ1n) is 6.61. The minimum atomic E-state index is -0.438. The first-order valence-corrected chi connectivity index (χ1v) is 6.61. The van der Waals surface area contributed by atoms with Crippen molar-refractivity contribution in [1.29, 1.82) is 0 Å². The molecule has 1 rings (SSSR count). The number of alkyl carbamates (subject to hydrolysis) is 1. The van der Waals surface area contributed by atoms with Crippen LogP contribution in [0.3, 0.4) is 0 Å². The molecule has 0 aromatic rings. The summed E-state index contributed by atoms with van der Waals surface area (Å²) in [5, 5.41) is 2.77. The quantitative estimate of drug-likeness (QED) is 0.836. The predicted molar refractivity (Wildman–Crippen MR) is 70.7 cm³/mol. The van der Waals surface area contributed by atoms with Gasteiger partial charge in [-0.05, 0) is 34.6 Å². The van der Waals surface area contributed by atoms with Crippen LogP contribution in [0.4, 0.5) is 4.79 Å². The maximum absolute atomic E-state index is 11.5. The van der Waals surface area contributed by atoms with Gasteiger partial charge in [-0.2, -0.15) is 0 Å². The summed E-state index contributed by atoms with van der Waals surface area (Å²) < 4.78 is 10.8. The van der Waals surface area contributed by atoms with Crippen LogP contribution in [-0.4, -0.2) is 55.0 Å². The number of ether oxygens (including phenoxy) is 2. The van der Waals surface area contributed by atoms with Crippen LogP contribution in [-0.2, 0) is 9.47 Å². The molecular weight excluding hydrogens is 232 g/mol. The Morgan fingerprint density at radius 2 is 1.89 bits per heavy atom. The number of morpholine rings is 1.